The molecule has 0 atom stereocenters. The quantitative estimate of drug-likeness (QED) is 0.632. The maximum atomic E-state index is 13.9. The molecule has 28 heavy (non-hydrogen) atoms. The van der Waals surface area contributed by atoms with Gasteiger partial charge >= 0.3 is 0 Å². The highest BCUT2D eigenvalue weighted by Gasteiger charge is 2.16. The molecule has 0 bridgehead atoms. The number of halogens is 1. The van der Waals surface area contributed by atoms with E-state index in [-0.39, 0.29) is 18.2 Å². The fourth-order valence-corrected chi connectivity index (χ4v) is 2.70. The van der Waals surface area contributed by atoms with E-state index in [0.717, 1.165) is 6.42 Å². The smallest absolute Gasteiger partial charge is 0.254 e. The molecule has 0 saturated carbocycles. The van der Waals surface area contributed by atoms with E-state index in [1.807, 2.05) is 0 Å². The Morgan fingerprint density at radius 3 is 2.32 bits per heavy atom. The fraction of sp³-hybridized carbons (Fsp3) is 0.409. The van der Waals surface area contributed by atoms with Crippen LogP contribution in [0.25, 0.3) is 0 Å². The summed E-state index contributed by atoms with van der Waals surface area (Å²) in [5, 5.41) is 0. The Balaban J connectivity index is 2.08. The zero-order valence-electron chi connectivity index (χ0n) is 17.1. The molecule has 0 saturated heterocycles. The van der Waals surface area contributed by atoms with Gasteiger partial charge in [0.05, 0.1) is 20.8 Å². The highest BCUT2D eigenvalue weighted by atomic mass is 19.1. The molecule has 0 radical (unpaired) electrons. The van der Waals surface area contributed by atoms with Crippen LogP contribution >= 0.6 is 0 Å². The Labute approximate surface area is 166 Å². The molecule has 0 aliphatic rings. The van der Waals surface area contributed by atoms with Gasteiger partial charge in [0.1, 0.15) is 0 Å². The molecule has 152 valence electrons. The number of hydrogen-bond acceptors (Lipinski definition) is 4. The predicted octanol–water partition coefficient (Wildman–Crippen LogP) is 4.54. The van der Waals surface area contributed by atoms with Gasteiger partial charge < -0.3 is 19.1 Å². The van der Waals surface area contributed by atoms with Crippen molar-refractivity contribution in [3.8, 4) is 17.2 Å². The first kappa shape index (κ1) is 21.5. The summed E-state index contributed by atoms with van der Waals surface area (Å²) in [5.74, 6) is 1.20. The maximum Gasteiger partial charge on any atom is 0.254 e. The van der Waals surface area contributed by atoms with Crippen molar-refractivity contribution in [1.29, 1.82) is 0 Å². The Morgan fingerprint density at radius 1 is 1.04 bits per heavy atom. The monoisotopic (exact) mass is 389 g/mol. The van der Waals surface area contributed by atoms with E-state index < -0.39 is 5.82 Å². The van der Waals surface area contributed by atoms with Crippen LogP contribution in [0.15, 0.2) is 36.4 Å². The molecule has 0 heterocycles. The molecule has 0 aliphatic carbocycles. The van der Waals surface area contributed by atoms with Crippen LogP contribution in [0.5, 0.6) is 17.2 Å². The minimum absolute atomic E-state index is 0.176. The Bertz CT molecular complexity index is 807. The molecule has 5 nitrogen and oxygen atoms in total. The third kappa shape index (κ3) is 5.62. The van der Waals surface area contributed by atoms with Gasteiger partial charge in [0.15, 0.2) is 23.1 Å². The molecule has 1 amide bonds. The number of hydrogen-bond donors (Lipinski definition) is 0. The van der Waals surface area contributed by atoms with Crippen LogP contribution in [-0.4, -0.2) is 38.7 Å². The van der Waals surface area contributed by atoms with E-state index in [9.17, 15) is 9.18 Å². The standard InChI is InChI=1S/C22H28FNO4/c1-15(2)10-11-28-20-9-7-17(13-21(20)27-5)22(25)24(3)14-16-6-8-19(26-4)18(23)12-16/h6-9,12-13,15H,10-11,14H2,1-5H3. The summed E-state index contributed by atoms with van der Waals surface area (Å²) in [6, 6.07) is 9.77. The topological polar surface area (TPSA) is 48.0 Å². The maximum absolute atomic E-state index is 13.9. The summed E-state index contributed by atoms with van der Waals surface area (Å²) in [6.45, 7) is 5.12. The molecule has 0 N–H and O–H groups in total. The van der Waals surface area contributed by atoms with E-state index in [1.54, 1.807) is 44.5 Å². The summed E-state index contributed by atoms with van der Waals surface area (Å²) in [4.78, 5) is 14.3. The van der Waals surface area contributed by atoms with E-state index >= 15 is 0 Å². The number of carbonyl (C=O) groups excluding carboxylic acids is 1. The molecule has 0 spiro atoms. The normalized spacial score (nSPS) is 10.7. The van der Waals surface area contributed by atoms with Gasteiger partial charge in [-0.1, -0.05) is 19.9 Å². The molecule has 2 aromatic rings. The third-order valence-corrected chi connectivity index (χ3v) is 4.35. The number of ether oxygens (including phenoxy) is 3. The van der Waals surface area contributed by atoms with Crippen LogP contribution in [0, 0.1) is 11.7 Å². The Kier molecular flexibility index (Phi) is 7.67. The Hall–Kier alpha value is -2.76. The molecule has 0 aliphatic heterocycles. The minimum atomic E-state index is -0.453. The van der Waals surface area contributed by atoms with Gasteiger partial charge in [-0.3, -0.25) is 4.79 Å². The first-order valence-corrected chi connectivity index (χ1v) is 9.24. The first-order chi connectivity index (χ1) is 13.3. The summed E-state index contributed by atoms with van der Waals surface area (Å²) in [7, 11) is 4.63. The van der Waals surface area contributed by atoms with Gasteiger partial charge in [-0.25, -0.2) is 4.39 Å². The SMILES string of the molecule is COc1ccc(CN(C)C(=O)c2ccc(OCCC(C)C)c(OC)c2)cc1F. The molecule has 0 unspecified atom stereocenters. The number of benzene rings is 2. The highest BCUT2D eigenvalue weighted by Crippen LogP contribution is 2.29. The lowest BCUT2D eigenvalue weighted by molar-refractivity contribution is 0.0784. The molecular weight excluding hydrogens is 361 g/mol. The van der Waals surface area contributed by atoms with Crippen molar-refractivity contribution in [3.05, 3.63) is 53.3 Å². The number of amides is 1. The Morgan fingerprint density at radius 2 is 1.71 bits per heavy atom. The molecule has 0 aromatic heterocycles. The van der Waals surface area contributed by atoms with E-state index in [2.05, 4.69) is 13.8 Å². The van der Waals surface area contributed by atoms with Crippen molar-refractivity contribution in [1.82, 2.24) is 4.90 Å². The van der Waals surface area contributed by atoms with Gasteiger partial charge in [0.2, 0.25) is 0 Å². The predicted molar refractivity (Wildman–Crippen MR) is 107 cm³/mol. The summed E-state index contributed by atoms with van der Waals surface area (Å²) >= 11 is 0. The zero-order valence-corrected chi connectivity index (χ0v) is 17.1. The van der Waals surface area contributed by atoms with Crippen LogP contribution in [0.2, 0.25) is 0 Å². The van der Waals surface area contributed by atoms with Crippen LogP contribution in [0.3, 0.4) is 0 Å². The van der Waals surface area contributed by atoms with Gasteiger partial charge in [-0.2, -0.15) is 0 Å². The second-order valence-corrected chi connectivity index (χ2v) is 7.03. The van der Waals surface area contributed by atoms with E-state index in [1.165, 1.54) is 18.1 Å². The average Bonchev–Trinajstić information content (AvgIpc) is 2.67. The number of nitrogens with zero attached hydrogens (tertiary/aromatic N) is 1. The van der Waals surface area contributed by atoms with E-state index in [4.69, 9.17) is 14.2 Å². The largest absolute Gasteiger partial charge is 0.494 e. The summed E-state index contributed by atoms with van der Waals surface area (Å²) in [5.41, 5.74) is 1.15. The molecular formula is C22H28FNO4. The highest BCUT2D eigenvalue weighted by molar-refractivity contribution is 5.94. The summed E-state index contributed by atoms with van der Waals surface area (Å²) < 4.78 is 29.9. The third-order valence-electron chi connectivity index (χ3n) is 4.35. The number of rotatable bonds is 9. The van der Waals surface area contributed by atoms with Crippen molar-refractivity contribution < 1.29 is 23.4 Å². The van der Waals surface area contributed by atoms with Gasteiger partial charge in [-0.05, 0) is 48.2 Å². The van der Waals surface area contributed by atoms with Gasteiger partial charge in [0.25, 0.3) is 5.91 Å². The van der Waals surface area contributed by atoms with Crippen molar-refractivity contribution in [2.45, 2.75) is 26.8 Å². The van der Waals surface area contributed by atoms with Crippen LogP contribution in [-0.2, 0) is 6.54 Å². The lowest BCUT2D eigenvalue weighted by Gasteiger charge is -2.19. The second kappa shape index (κ2) is 9.97. The number of methoxy groups -OCH3 is 2. The lowest BCUT2D eigenvalue weighted by atomic mass is 10.1. The minimum Gasteiger partial charge on any atom is -0.494 e. The van der Waals surface area contributed by atoms with Crippen molar-refractivity contribution in [2.75, 3.05) is 27.9 Å². The first-order valence-electron chi connectivity index (χ1n) is 9.24. The van der Waals surface area contributed by atoms with Crippen molar-refractivity contribution in [2.24, 2.45) is 5.92 Å². The molecule has 2 aromatic carbocycles. The lowest BCUT2D eigenvalue weighted by Crippen LogP contribution is -2.26. The van der Waals surface area contributed by atoms with Gasteiger partial charge in [0, 0.05) is 19.2 Å². The van der Waals surface area contributed by atoms with Crippen LogP contribution in [0.1, 0.15) is 36.2 Å². The molecule has 0 fully saturated rings. The fourth-order valence-electron chi connectivity index (χ4n) is 2.70. The molecule has 6 heteroatoms. The van der Waals surface area contributed by atoms with Crippen LogP contribution < -0.4 is 14.2 Å². The molecule has 2 rings (SSSR count). The van der Waals surface area contributed by atoms with Crippen molar-refractivity contribution >= 4 is 5.91 Å². The van der Waals surface area contributed by atoms with Crippen LogP contribution in [0.4, 0.5) is 4.39 Å². The van der Waals surface area contributed by atoms with E-state index in [0.29, 0.717) is 35.2 Å². The number of carbonyl (C=O) groups is 1. The average molecular weight is 389 g/mol. The zero-order chi connectivity index (χ0) is 20.7. The van der Waals surface area contributed by atoms with Gasteiger partial charge in [-0.15, -0.1) is 0 Å². The van der Waals surface area contributed by atoms with Crippen molar-refractivity contribution in [3.63, 3.8) is 0 Å². The summed E-state index contributed by atoms with van der Waals surface area (Å²) in [6.07, 6.45) is 0.936. The second-order valence-electron chi connectivity index (χ2n) is 7.03.